The molecular weight excluding hydrogens is 368 g/mol. The zero-order chi connectivity index (χ0) is 19.8. The Morgan fingerprint density at radius 3 is 2.70 bits per heavy atom. The van der Waals surface area contributed by atoms with Crippen LogP contribution in [0.1, 0.15) is 26.6 Å². The average molecular weight is 392 g/mol. The molecule has 3 N–H and O–H groups in total. The number of rotatable bonds is 7. The van der Waals surface area contributed by atoms with E-state index >= 15 is 0 Å². The molecule has 9 nitrogen and oxygen atoms in total. The number of nitrogen functional groups attached to an aromatic ring is 1. The van der Waals surface area contributed by atoms with Crippen molar-refractivity contribution in [2.24, 2.45) is 0 Å². The Morgan fingerprint density at radius 1 is 1.30 bits per heavy atom. The Kier molecular flexibility index (Phi) is 5.06. The largest absolute Gasteiger partial charge is 0.382 e. The van der Waals surface area contributed by atoms with Gasteiger partial charge in [-0.3, -0.25) is 4.98 Å². The van der Waals surface area contributed by atoms with Crippen LogP contribution in [0.2, 0.25) is 0 Å². The number of nitrogens with two attached hydrogens (primary N) is 1. The van der Waals surface area contributed by atoms with Gasteiger partial charge in [-0.05, 0) is 32.9 Å². The zero-order valence-electron chi connectivity index (χ0n) is 15.9. The van der Waals surface area contributed by atoms with Crippen LogP contribution in [0.3, 0.4) is 0 Å². The second kappa shape index (κ2) is 7.02. The van der Waals surface area contributed by atoms with Crippen LogP contribution in [0.25, 0.3) is 22.1 Å². The number of pyridine rings is 2. The molecule has 3 aromatic rings. The smallest absolute Gasteiger partial charge is 0.209 e. The number of anilines is 1. The number of nitrogens with one attached hydrogen (secondary N) is 1. The van der Waals surface area contributed by atoms with E-state index in [-0.39, 0.29) is 6.61 Å². The highest BCUT2D eigenvalue weighted by molar-refractivity contribution is 7.88. The maximum absolute atomic E-state index is 11.8. The molecule has 3 heterocycles. The maximum atomic E-state index is 11.8. The van der Waals surface area contributed by atoms with Crippen LogP contribution >= 0.6 is 0 Å². The van der Waals surface area contributed by atoms with E-state index in [1.165, 1.54) is 0 Å². The average Bonchev–Trinajstić information content (AvgIpc) is 2.89. The Morgan fingerprint density at radius 2 is 2.04 bits per heavy atom. The third-order valence-electron chi connectivity index (χ3n) is 3.99. The quantitative estimate of drug-likeness (QED) is 0.623. The van der Waals surface area contributed by atoms with Crippen LogP contribution in [-0.4, -0.2) is 46.3 Å². The van der Waals surface area contributed by atoms with Crippen molar-refractivity contribution in [3.63, 3.8) is 0 Å². The maximum Gasteiger partial charge on any atom is 0.209 e. The summed E-state index contributed by atoms with van der Waals surface area (Å²) in [6.45, 7) is 6.65. The molecule has 0 aliphatic carbocycles. The van der Waals surface area contributed by atoms with E-state index in [2.05, 4.69) is 19.7 Å². The van der Waals surface area contributed by atoms with Crippen molar-refractivity contribution < 1.29 is 13.2 Å². The predicted octanol–water partition coefficient (Wildman–Crippen LogP) is 1.43. The van der Waals surface area contributed by atoms with Gasteiger partial charge in [-0.2, -0.15) is 0 Å². The molecule has 10 heteroatoms. The lowest BCUT2D eigenvalue weighted by Gasteiger charge is -2.27. The molecule has 0 saturated carbocycles. The van der Waals surface area contributed by atoms with Gasteiger partial charge in [0.15, 0.2) is 5.82 Å². The molecule has 0 aromatic carbocycles. The van der Waals surface area contributed by atoms with E-state index in [1.807, 2.05) is 31.4 Å². The summed E-state index contributed by atoms with van der Waals surface area (Å²) in [5.74, 6) is 0.942. The van der Waals surface area contributed by atoms with Gasteiger partial charge in [0.2, 0.25) is 10.0 Å². The highest BCUT2D eigenvalue weighted by atomic mass is 32.2. The van der Waals surface area contributed by atoms with Gasteiger partial charge in [0.05, 0.1) is 11.8 Å². The number of imidazole rings is 1. The molecule has 0 fully saturated rings. The number of hydrogen-bond acceptors (Lipinski definition) is 7. The third kappa shape index (κ3) is 4.18. The number of nitrogens with zero attached hydrogens (tertiary/aromatic N) is 4. The van der Waals surface area contributed by atoms with Gasteiger partial charge in [-0.15, -0.1) is 0 Å². The van der Waals surface area contributed by atoms with E-state index in [0.717, 1.165) is 11.8 Å². The zero-order valence-corrected chi connectivity index (χ0v) is 16.7. The van der Waals surface area contributed by atoms with Crippen LogP contribution in [0.15, 0.2) is 18.3 Å². The second-order valence-electron chi connectivity index (χ2n) is 7.07. The van der Waals surface area contributed by atoms with Crippen molar-refractivity contribution in [2.75, 3.05) is 18.6 Å². The van der Waals surface area contributed by atoms with E-state index in [9.17, 15) is 8.42 Å². The van der Waals surface area contributed by atoms with Gasteiger partial charge in [0, 0.05) is 24.9 Å². The van der Waals surface area contributed by atoms with Crippen LogP contribution in [0.5, 0.6) is 0 Å². The Hall–Kier alpha value is -2.30. The van der Waals surface area contributed by atoms with Gasteiger partial charge in [0.1, 0.15) is 29.0 Å². The molecule has 0 bridgehead atoms. The topological polar surface area (TPSA) is 125 Å². The number of ether oxygens (including phenoxy) is 1. The SMILES string of the molecule is CCOCc1nc2c(N)nc3cccnc3c2n1CC(C)(C)NS(C)(=O)=O. The lowest BCUT2D eigenvalue weighted by atomic mass is 10.1. The number of sulfonamides is 1. The van der Waals surface area contributed by atoms with Gasteiger partial charge in [-0.1, -0.05) is 0 Å². The Labute approximate surface area is 158 Å². The molecule has 0 saturated heterocycles. The van der Waals surface area contributed by atoms with Crippen LogP contribution in [0.4, 0.5) is 5.82 Å². The molecule has 3 aromatic heterocycles. The summed E-state index contributed by atoms with van der Waals surface area (Å²) < 4.78 is 33.6. The fourth-order valence-electron chi connectivity index (χ4n) is 3.17. The highest BCUT2D eigenvalue weighted by Crippen LogP contribution is 2.29. The van der Waals surface area contributed by atoms with Crippen molar-refractivity contribution in [3.05, 3.63) is 24.2 Å². The van der Waals surface area contributed by atoms with Crippen molar-refractivity contribution >= 4 is 37.9 Å². The van der Waals surface area contributed by atoms with Crippen molar-refractivity contribution in [2.45, 2.75) is 39.5 Å². The second-order valence-corrected chi connectivity index (χ2v) is 8.82. The Balaban J connectivity index is 2.24. The first-order chi connectivity index (χ1) is 12.6. The molecule has 0 amide bonds. The first-order valence-corrected chi connectivity index (χ1v) is 10.5. The summed E-state index contributed by atoms with van der Waals surface area (Å²) in [5.41, 5.74) is 7.93. The molecular formula is C17H24N6O3S. The normalized spacial score (nSPS) is 12.9. The van der Waals surface area contributed by atoms with Crippen LogP contribution in [0, 0.1) is 0 Å². The van der Waals surface area contributed by atoms with E-state index in [4.69, 9.17) is 10.5 Å². The third-order valence-corrected chi connectivity index (χ3v) is 4.91. The fraction of sp³-hybridized carbons (Fsp3) is 0.471. The summed E-state index contributed by atoms with van der Waals surface area (Å²) in [6.07, 6.45) is 2.82. The van der Waals surface area contributed by atoms with Crippen molar-refractivity contribution in [1.29, 1.82) is 0 Å². The summed E-state index contributed by atoms with van der Waals surface area (Å²) in [4.78, 5) is 13.4. The van der Waals surface area contributed by atoms with Gasteiger partial charge >= 0.3 is 0 Å². The minimum absolute atomic E-state index is 0.272. The van der Waals surface area contributed by atoms with Gasteiger partial charge in [0.25, 0.3) is 0 Å². The fourth-order valence-corrected chi connectivity index (χ4v) is 4.24. The first-order valence-electron chi connectivity index (χ1n) is 8.57. The number of fused-ring (bicyclic) bond motifs is 3. The molecule has 146 valence electrons. The van der Waals surface area contributed by atoms with E-state index < -0.39 is 15.6 Å². The predicted molar refractivity (Wildman–Crippen MR) is 105 cm³/mol. The van der Waals surface area contributed by atoms with Crippen molar-refractivity contribution in [1.82, 2.24) is 24.2 Å². The molecule has 0 atom stereocenters. The standard InChI is InChI=1S/C17H24N6O3S/c1-5-26-9-12-21-14-15(13-11(20-16(14)18)7-6-8-19-13)23(12)10-17(2,3)22-27(4,24)25/h6-8,22H,5,9-10H2,1-4H3,(H2,18,20). The van der Waals surface area contributed by atoms with Crippen LogP contribution < -0.4 is 10.5 Å². The molecule has 27 heavy (non-hydrogen) atoms. The van der Waals surface area contributed by atoms with Crippen LogP contribution in [-0.2, 0) is 27.9 Å². The summed E-state index contributed by atoms with van der Waals surface area (Å²) in [6, 6.07) is 3.62. The summed E-state index contributed by atoms with van der Waals surface area (Å²) in [7, 11) is -3.39. The monoisotopic (exact) mass is 392 g/mol. The van der Waals surface area contributed by atoms with E-state index in [0.29, 0.717) is 41.3 Å². The molecule has 0 radical (unpaired) electrons. The number of aromatic nitrogens is 4. The Bertz CT molecular complexity index is 1090. The van der Waals surface area contributed by atoms with Gasteiger partial charge < -0.3 is 15.0 Å². The summed E-state index contributed by atoms with van der Waals surface area (Å²) >= 11 is 0. The summed E-state index contributed by atoms with van der Waals surface area (Å²) in [5, 5.41) is 0. The molecule has 0 aliphatic rings. The number of hydrogen-bond donors (Lipinski definition) is 2. The lowest BCUT2D eigenvalue weighted by Crippen LogP contribution is -2.46. The molecule has 0 aliphatic heterocycles. The minimum atomic E-state index is -3.39. The molecule has 3 rings (SSSR count). The van der Waals surface area contributed by atoms with E-state index in [1.54, 1.807) is 12.3 Å². The minimum Gasteiger partial charge on any atom is -0.382 e. The highest BCUT2D eigenvalue weighted by Gasteiger charge is 2.27. The first kappa shape index (κ1) is 19.5. The van der Waals surface area contributed by atoms with Crippen molar-refractivity contribution in [3.8, 4) is 0 Å². The molecule has 0 spiro atoms. The molecule has 0 unspecified atom stereocenters. The lowest BCUT2D eigenvalue weighted by molar-refractivity contribution is 0.125. The van der Waals surface area contributed by atoms with Gasteiger partial charge in [-0.25, -0.2) is 23.1 Å².